The van der Waals surface area contributed by atoms with E-state index in [-0.39, 0.29) is 5.54 Å². The van der Waals surface area contributed by atoms with Crippen LogP contribution in [0, 0.1) is 5.92 Å². The van der Waals surface area contributed by atoms with Gasteiger partial charge >= 0.3 is 0 Å². The van der Waals surface area contributed by atoms with Crippen molar-refractivity contribution in [1.29, 1.82) is 0 Å². The predicted octanol–water partition coefficient (Wildman–Crippen LogP) is 2.89. The standard InChI is InChI=1S/C17H31N3/c1-2-4-7-15(8-5-3-1)17(11-6-12-19-20-17)16-9-13-18-14-10-16/h9,15,18-20H,1-8,10-14H2. The first kappa shape index (κ1) is 14.6. The van der Waals surface area contributed by atoms with E-state index < -0.39 is 0 Å². The van der Waals surface area contributed by atoms with Gasteiger partial charge in [0.2, 0.25) is 0 Å². The van der Waals surface area contributed by atoms with Crippen molar-refractivity contribution in [2.75, 3.05) is 19.6 Å². The zero-order valence-corrected chi connectivity index (χ0v) is 12.8. The fourth-order valence-corrected chi connectivity index (χ4v) is 4.52. The summed E-state index contributed by atoms with van der Waals surface area (Å²) in [6, 6.07) is 0. The summed E-state index contributed by atoms with van der Waals surface area (Å²) in [4.78, 5) is 0. The zero-order valence-electron chi connectivity index (χ0n) is 12.8. The van der Waals surface area contributed by atoms with Gasteiger partial charge in [0.1, 0.15) is 0 Å². The van der Waals surface area contributed by atoms with Crippen molar-refractivity contribution in [3.63, 3.8) is 0 Å². The first-order chi connectivity index (χ1) is 9.92. The van der Waals surface area contributed by atoms with E-state index in [9.17, 15) is 0 Å². The zero-order chi connectivity index (χ0) is 13.7. The fraction of sp³-hybridized carbons (Fsp3) is 0.882. The Hall–Kier alpha value is -0.380. The third-order valence-corrected chi connectivity index (χ3v) is 5.62. The molecule has 0 aromatic rings. The van der Waals surface area contributed by atoms with Crippen molar-refractivity contribution in [1.82, 2.24) is 16.2 Å². The van der Waals surface area contributed by atoms with Gasteiger partial charge in [-0.05, 0) is 44.6 Å². The van der Waals surface area contributed by atoms with Crippen LogP contribution in [0.4, 0.5) is 0 Å². The lowest BCUT2D eigenvalue weighted by Gasteiger charge is -2.48. The number of hydrogen-bond donors (Lipinski definition) is 3. The molecule has 3 heteroatoms. The predicted molar refractivity (Wildman–Crippen MR) is 84.5 cm³/mol. The highest BCUT2D eigenvalue weighted by atomic mass is 15.4. The lowest BCUT2D eigenvalue weighted by molar-refractivity contribution is 0.139. The molecule has 3 rings (SSSR count). The topological polar surface area (TPSA) is 36.1 Å². The van der Waals surface area contributed by atoms with Gasteiger partial charge in [0.15, 0.2) is 0 Å². The number of rotatable bonds is 2. The molecule has 114 valence electrons. The van der Waals surface area contributed by atoms with E-state index in [0.717, 1.165) is 25.6 Å². The summed E-state index contributed by atoms with van der Waals surface area (Å²) in [5, 5.41) is 3.47. The van der Waals surface area contributed by atoms with Crippen LogP contribution in [0.3, 0.4) is 0 Å². The molecule has 0 aromatic carbocycles. The van der Waals surface area contributed by atoms with Gasteiger partial charge in [-0.1, -0.05) is 43.8 Å². The molecule has 3 aliphatic rings. The summed E-state index contributed by atoms with van der Waals surface area (Å²) in [6.07, 6.45) is 16.4. The van der Waals surface area contributed by atoms with Crippen LogP contribution in [0.25, 0.3) is 0 Å². The normalized spacial score (nSPS) is 34.1. The van der Waals surface area contributed by atoms with Crippen molar-refractivity contribution in [3.05, 3.63) is 11.6 Å². The van der Waals surface area contributed by atoms with Crippen molar-refractivity contribution in [2.24, 2.45) is 5.92 Å². The minimum Gasteiger partial charge on any atom is -0.313 e. The molecule has 1 aliphatic carbocycles. The fourth-order valence-electron chi connectivity index (χ4n) is 4.52. The summed E-state index contributed by atoms with van der Waals surface area (Å²) in [5.74, 6) is 0.833. The van der Waals surface area contributed by atoms with Gasteiger partial charge in [-0.25, -0.2) is 5.43 Å². The van der Waals surface area contributed by atoms with E-state index in [1.165, 1.54) is 64.2 Å². The second-order valence-electron chi connectivity index (χ2n) is 6.85. The Balaban J connectivity index is 1.81. The van der Waals surface area contributed by atoms with Crippen LogP contribution in [-0.4, -0.2) is 25.2 Å². The molecule has 0 bridgehead atoms. The van der Waals surface area contributed by atoms with Gasteiger partial charge in [0.05, 0.1) is 5.54 Å². The van der Waals surface area contributed by atoms with E-state index in [2.05, 4.69) is 22.2 Å². The molecule has 2 aliphatic heterocycles. The minimum absolute atomic E-state index is 0.262. The molecule has 3 nitrogen and oxygen atoms in total. The van der Waals surface area contributed by atoms with Crippen LogP contribution in [-0.2, 0) is 0 Å². The molecular formula is C17H31N3. The number of nitrogens with one attached hydrogen (secondary N) is 3. The molecule has 0 spiro atoms. The molecule has 3 N–H and O–H groups in total. The molecule has 20 heavy (non-hydrogen) atoms. The van der Waals surface area contributed by atoms with Gasteiger partial charge in [-0.2, -0.15) is 0 Å². The van der Waals surface area contributed by atoms with Crippen molar-refractivity contribution in [2.45, 2.75) is 69.7 Å². The maximum Gasteiger partial charge on any atom is 0.0561 e. The SMILES string of the molecule is C1=C(C2(C3CCCCCCC3)CCCNN2)CCNC1. The first-order valence-electron chi connectivity index (χ1n) is 8.82. The summed E-state index contributed by atoms with van der Waals surface area (Å²) in [5.41, 5.74) is 9.22. The smallest absolute Gasteiger partial charge is 0.0561 e. The summed E-state index contributed by atoms with van der Waals surface area (Å²) in [7, 11) is 0. The van der Waals surface area contributed by atoms with Crippen LogP contribution in [0.15, 0.2) is 11.6 Å². The highest BCUT2D eigenvalue weighted by Crippen LogP contribution is 2.41. The van der Waals surface area contributed by atoms with Gasteiger partial charge in [0.25, 0.3) is 0 Å². The lowest BCUT2D eigenvalue weighted by Crippen LogP contribution is -2.62. The van der Waals surface area contributed by atoms with Crippen LogP contribution in [0.1, 0.15) is 64.2 Å². The highest BCUT2D eigenvalue weighted by Gasteiger charge is 2.42. The molecule has 1 saturated heterocycles. The number of hydrazine groups is 1. The second-order valence-corrected chi connectivity index (χ2v) is 6.85. The maximum atomic E-state index is 3.77. The third-order valence-electron chi connectivity index (χ3n) is 5.62. The Bertz CT molecular complexity index is 323. The van der Waals surface area contributed by atoms with Gasteiger partial charge in [0, 0.05) is 13.1 Å². The minimum atomic E-state index is 0.262. The van der Waals surface area contributed by atoms with Crippen molar-refractivity contribution < 1.29 is 0 Å². The van der Waals surface area contributed by atoms with E-state index in [0.29, 0.717) is 0 Å². The molecular weight excluding hydrogens is 246 g/mol. The first-order valence-corrected chi connectivity index (χ1v) is 8.82. The van der Waals surface area contributed by atoms with E-state index in [1.54, 1.807) is 5.57 Å². The van der Waals surface area contributed by atoms with E-state index >= 15 is 0 Å². The van der Waals surface area contributed by atoms with Crippen LogP contribution in [0.2, 0.25) is 0 Å². The molecule has 0 radical (unpaired) electrons. The Kier molecular flexibility index (Phi) is 5.14. The Morgan fingerprint density at radius 3 is 2.40 bits per heavy atom. The largest absolute Gasteiger partial charge is 0.313 e. The van der Waals surface area contributed by atoms with Gasteiger partial charge in [-0.15, -0.1) is 0 Å². The average molecular weight is 277 g/mol. The third kappa shape index (κ3) is 3.10. The second kappa shape index (κ2) is 7.06. The van der Waals surface area contributed by atoms with Crippen LogP contribution < -0.4 is 16.2 Å². The Labute approximate surface area is 123 Å². The van der Waals surface area contributed by atoms with Crippen LogP contribution >= 0.6 is 0 Å². The Morgan fingerprint density at radius 2 is 1.75 bits per heavy atom. The molecule has 2 fully saturated rings. The van der Waals surface area contributed by atoms with Gasteiger partial charge < -0.3 is 5.32 Å². The molecule has 0 aromatic heterocycles. The van der Waals surface area contributed by atoms with Crippen molar-refractivity contribution >= 4 is 0 Å². The maximum absolute atomic E-state index is 3.77. The quantitative estimate of drug-likeness (QED) is 0.679. The van der Waals surface area contributed by atoms with E-state index in [4.69, 9.17) is 0 Å². The van der Waals surface area contributed by atoms with Gasteiger partial charge in [-0.3, -0.25) is 5.43 Å². The summed E-state index contributed by atoms with van der Waals surface area (Å²) < 4.78 is 0. The Morgan fingerprint density at radius 1 is 0.950 bits per heavy atom. The summed E-state index contributed by atoms with van der Waals surface area (Å²) in [6.45, 7) is 3.34. The summed E-state index contributed by atoms with van der Waals surface area (Å²) >= 11 is 0. The van der Waals surface area contributed by atoms with Crippen LogP contribution in [0.5, 0.6) is 0 Å². The number of hydrogen-bond acceptors (Lipinski definition) is 3. The highest BCUT2D eigenvalue weighted by molar-refractivity contribution is 5.25. The monoisotopic (exact) mass is 277 g/mol. The molecule has 2 heterocycles. The molecule has 1 saturated carbocycles. The molecule has 1 unspecified atom stereocenters. The molecule has 1 atom stereocenters. The van der Waals surface area contributed by atoms with Crippen molar-refractivity contribution in [3.8, 4) is 0 Å². The molecule has 0 amide bonds. The van der Waals surface area contributed by atoms with E-state index in [1.807, 2.05) is 0 Å². The lowest BCUT2D eigenvalue weighted by atomic mass is 9.68. The average Bonchev–Trinajstić information content (AvgIpc) is 2.48.